The van der Waals surface area contributed by atoms with Gasteiger partial charge in [-0.15, -0.1) is 0 Å². The molecule has 1 unspecified atom stereocenters. The number of carbonyl (C=O) groups is 1. The first-order valence-corrected chi connectivity index (χ1v) is 13.3. The van der Waals surface area contributed by atoms with E-state index in [1.54, 1.807) is 12.1 Å². The van der Waals surface area contributed by atoms with E-state index in [9.17, 15) is 25.6 Å². The van der Waals surface area contributed by atoms with Crippen LogP contribution in [0, 0.1) is 0 Å². The van der Waals surface area contributed by atoms with Gasteiger partial charge < -0.3 is 9.47 Å². The molecule has 1 atom stereocenters. The van der Waals surface area contributed by atoms with Gasteiger partial charge in [-0.05, 0) is 24.3 Å². The van der Waals surface area contributed by atoms with Gasteiger partial charge in [-0.1, -0.05) is 30.3 Å². The zero-order chi connectivity index (χ0) is 20.8. The van der Waals surface area contributed by atoms with Crippen LogP contribution in [0.15, 0.2) is 59.5 Å². The van der Waals surface area contributed by atoms with Crippen LogP contribution in [0.5, 0.6) is 5.75 Å². The number of ether oxygens (including phenoxy) is 2. The molecule has 0 aliphatic heterocycles. The van der Waals surface area contributed by atoms with Gasteiger partial charge in [-0.2, -0.15) is 0 Å². The Kier molecular flexibility index (Phi) is 6.94. The molecule has 0 N–H and O–H groups in total. The molecule has 0 spiro atoms. The molecule has 0 saturated heterocycles. The van der Waals surface area contributed by atoms with E-state index in [1.165, 1.54) is 17.6 Å². The van der Waals surface area contributed by atoms with Crippen molar-refractivity contribution in [1.82, 2.24) is 0 Å². The Hall–Kier alpha value is -1.80. The Bertz CT molecular complexity index is 740. The fourth-order valence-electron chi connectivity index (χ4n) is 1.79. The molecule has 0 aliphatic carbocycles. The van der Waals surface area contributed by atoms with Crippen molar-refractivity contribution in [3.63, 3.8) is 0 Å². The van der Waals surface area contributed by atoms with E-state index in [4.69, 9.17) is 4.74 Å². The van der Waals surface area contributed by atoms with Crippen molar-refractivity contribution in [3.8, 4) is 5.75 Å². The molecule has 0 amide bonds. The third-order valence-electron chi connectivity index (χ3n) is 2.82. The second-order valence-corrected chi connectivity index (χ2v) is 11.3. The number of rotatable bonds is 4. The number of halogens is 6. The summed E-state index contributed by atoms with van der Waals surface area (Å²) in [5, 5.41) is 0. The summed E-state index contributed by atoms with van der Waals surface area (Å²) >= 11 is -11.1. The van der Waals surface area contributed by atoms with Crippen LogP contribution in [0.1, 0.15) is 5.56 Å². The van der Waals surface area contributed by atoms with Crippen LogP contribution < -0.4 is 4.74 Å². The molecule has 0 aromatic heterocycles. The minimum atomic E-state index is -11.1. The van der Waals surface area contributed by atoms with Crippen molar-refractivity contribution in [3.05, 3.63) is 60.2 Å². The second kappa shape index (κ2) is 8.06. The molecule has 0 heterocycles. The van der Waals surface area contributed by atoms with Crippen molar-refractivity contribution in [2.45, 2.75) is 10.6 Å². The average molecular weight is 478 g/mol. The zero-order valence-corrected chi connectivity index (χ0v) is 16.9. The van der Waals surface area contributed by atoms with Crippen LogP contribution in [-0.2, 0) is 21.4 Å². The van der Waals surface area contributed by atoms with Crippen LogP contribution in [0.4, 0.5) is 25.6 Å². The molecule has 0 fully saturated rings. The van der Waals surface area contributed by atoms with Crippen LogP contribution in [0.2, 0.25) is 0 Å². The molecule has 0 saturated carbocycles. The average Bonchev–Trinajstić information content (AvgIpc) is 2.53. The molecule has 152 valence electrons. The molecule has 0 bridgehead atoms. The van der Waals surface area contributed by atoms with E-state index in [0.717, 1.165) is 5.75 Å². The first-order chi connectivity index (χ1) is 12.1. The van der Waals surface area contributed by atoms with Crippen LogP contribution in [0.3, 0.4) is 0 Å². The molecule has 27 heavy (non-hydrogen) atoms. The van der Waals surface area contributed by atoms with Gasteiger partial charge in [0.05, 0.1) is 7.11 Å². The predicted molar refractivity (Wildman–Crippen MR) is 93.6 cm³/mol. The monoisotopic (exact) mass is 478 g/mol. The van der Waals surface area contributed by atoms with Gasteiger partial charge in [0.1, 0.15) is 17.8 Å². The molecule has 2 aromatic carbocycles. The standard InChI is InChI=1S/C16H17O3S.AsF6/c1-18-16(17)19-14-8-10-15(11-9-14)20(2)12-13-6-4-3-5-7-13;2-1(3,4,5,6)7/h3-11H,12H2,1-2H3;/q+1;-1. The topological polar surface area (TPSA) is 35.5 Å². The fourth-order valence-corrected chi connectivity index (χ4v) is 3.25. The Labute approximate surface area is 156 Å². The van der Waals surface area contributed by atoms with Gasteiger partial charge in [0.2, 0.25) is 0 Å². The Morgan fingerprint density at radius 1 is 0.926 bits per heavy atom. The van der Waals surface area contributed by atoms with Gasteiger partial charge in [0, 0.05) is 16.5 Å². The number of benzene rings is 2. The molecule has 3 nitrogen and oxygen atoms in total. The van der Waals surface area contributed by atoms with E-state index in [1.807, 2.05) is 18.2 Å². The number of hydrogen-bond donors (Lipinski definition) is 0. The fraction of sp³-hybridized carbons (Fsp3) is 0.188. The zero-order valence-electron chi connectivity index (χ0n) is 14.3. The van der Waals surface area contributed by atoms with E-state index in [2.05, 4.69) is 35.3 Å². The summed E-state index contributed by atoms with van der Waals surface area (Å²) in [6.45, 7) is 0. The van der Waals surface area contributed by atoms with Crippen molar-refractivity contribution in [2.75, 3.05) is 13.4 Å². The number of methoxy groups -OCH3 is 1. The molecule has 2 aromatic rings. The maximum absolute atomic E-state index is 11.1. The van der Waals surface area contributed by atoms with Crippen molar-refractivity contribution in [1.29, 1.82) is 0 Å². The maximum atomic E-state index is 11.0. The molecule has 11 heteroatoms. The molecule has 2 rings (SSSR count). The van der Waals surface area contributed by atoms with Crippen molar-refractivity contribution >= 4 is 31.2 Å². The van der Waals surface area contributed by atoms with Crippen LogP contribution >= 0.6 is 0 Å². The molecular formula is C16H17AsF6O3S. The first-order valence-electron chi connectivity index (χ1n) is 7.23. The SMILES string of the molecule is COC(=O)Oc1ccc([S+](C)Cc2ccccc2)cc1.F[As-](F)(F)(F)(F)F. The predicted octanol–water partition coefficient (Wildman–Crippen LogP) is 5.78. The van der Waals surface area contributed by atoms with Crippen molar-refractivity contribution < 1.29 is 35.1 Å². The quantitative estimate of drug-likeness (QED) is 0.184. The summed E-state index contributed by atoms with van der Waals surface area (Å²) in [4.78, 5) is 12.2. The Morgan fingerprint density at radius 2 is 1.41 bits per heavy atom. The van der Waals surface area contributed by atoms with Crippen LogP contribution in [-0.4, -0.2) is 33.7 Å². The summed E-state index contributed by atoms with van der Waals surface area (Å²) < 4.78 is 68.8. The molecular weight excluding hydrogens is 461 g/mol. The summed E-state index contributed by atoms with van der Waals surface area (Å²) in [5.74, 6) is 1.51. The minimum absolute atomic E-state index is 0.121. The summed E-state index contributed by atoms with van der Waals surface area (Å²) in [5.41, 5.74) is 1.33. The number of carbonyl (C=O) groups excluding carboxylic acids is 1. The third kappa shape index (κ3) is 13.1. The van der Waals surface area contributed by atoms with E-state index >= 15 is 0 Å². The van der Waals surface area contributed by atoms with Gasteiger partial charge in [0.25, 0.3) is 0 Å². The Morgan fingerprint density at radius 3 is 1.85 bits per heavy atom. The van der Waals surface area contributed by atoms with Gasteiger partial charge in [0.15, 0.2) is 4.90 Å². The summed E-state index contributed by atoms with van der Waals surface area (Å²) in [7, 11) is 1.41. The van der Waals surface area contributed by atoms with Gasteiger partial charge in [-0.3, -0.25) is 0 Å². The van der Waals surface area contributed by atoms with E-state index < -0.39 is 20.3 Å². The van der Waals surface area contributed by atoms with Gasteiger partial charge in [-0.25, -0.2) is 4.79 Å². The molecule has 0 aliphatic rings. The first kappa shape index (κ1) is 23.2. The van der Waals surface area contributed by atoms with E-state index in [-0.39, 0.29) is 10.9 Å². The van der Waals surface area contributed by atoms with E-state index in [0.29, 0.717) is 5.75 Å². The van der Waals surface area contributed by atoms with Crippen molar-refractivity contribution in [2.24, 2.45) is 0 Å². The number of hydrogen-bond acceptors (Lipinski definition) is 3. The van der Waals surface area contributed by atoms with Gasteiger partial charge >= 0.3 is 41.1 Å². The Balaban J connectivity index is 0.000000445. The van der Waals surface area contributed by atoms with Crippen LogP contribution in [0.25, 0.3) is 0 Å². The normalized spacial score (nSPS) is 14.7. The third-order valence-corrected chi connectivity index (χ3v) is 4.66. The summed E-state index contributed by atoms with van der Waals surface area (Å²) in [6, 6.07) is 18.0. The second-order valence-electron chi connectivity index (χ2n) is 5.25. The summed E-state index contributed by atoms with van der Waals surface area (Å²) in [6.07, 6.45) is 1.51. The molecule has 0 radical (unpaired) electrons.